The molecule has 1 amide bonds. The normalized spacial score (nSPS) is 13.7. The van der Waals surface area contributed by atoms with E-state index in [9.17, 15) is 9.59 Å². The molecule has 0 fully saturated rings. The van der Waals surface area contributed by atoms with Crippen molar-refractivity contribution >= 4 is 46.8 Å². The van der Waals surface area contributed by atoms with Crippen LogP contribution in [0.15, 0.2) is 17.0 Å². The third-order valence-corrected chi connectivity index (χ3v) is 4.50. The molecule has 7 heteroatoms. The van der Waals surface area contributed by atoms with Gasteiger partial charge >= 0.3 is 5.97 Å². The Morgan fingerprint density at radius 1 is 1.25 bits per heavy atom. The number of carboxylic acid groups (broad SMARTS) is 1. The van der Waals surface area contributed by atoms with Crippen LogP contribution in [0.2, 0.25) is 10.0 Å². The Labute approximate surface area is 131 Å². The number of aliphatic carboxylic acids is 1. The standard InChI is InChI=1S/C13H15Cl2NO3S/c1-6(13(18)19)7(2)16-12(17)8-4-11(20-3)10(15)5-9(8)14/h4-7H,1-3H3,(H,16,17)(H,18,19). The topological polar surface area (TPSA) is 66.4 Å². The lowest BCUT2D eigenvalue weighted by molar-refractivity contribution is -0.141. The number of carboxylic acids is 1. The van der Waals surface area contributed by atoms with Crippen molar-refractivity contribution in [3.8, 4) is 0 Å². The molecule has 1 aromatic carbocycles. The van der Waals surface area contributed by atoms with Gasteiger partial charge in [-0.3, -0.25) is 9.59 Å². The highest BCUT2D eigenvalue weighted by Gasteiger charge is 2.23. The summed E-state index contributed by atoms with van der Waals surface area (Å²) in [5.74, 6) is -2.07. The quantitative estimate of drug-likeness (QED) is 0.807. The highest BCUT2D eigenvalue weighted by molar-refractivity contribution is 7.98. The van der Waals surface area contributed by atoms with Crippen LogP contribution in [-0.4, -0.2) is 29.3 Å². The van der Waals surface area contributed by atoms with Gasteiger partial charge in [-0.1, -0.05) is 23.2 Å². The van der Waals surface area contributed by atoms with Gasteiger partial charge in [0.2, 0.25) is 0 Å². The fourth-order valence-electron chi connectivity index (χ4n) is 1.48. The molecule has 1 aromatic rings. The first-order chi connectivity index (χ1) is 9.27. The maximum absolute atomic E-state index is 12.1. The molecular formula is C13H15Cl2NO3S. The molecule has 1 rings (SSSR count). The third-order valence-electron chi connectivity index (χ3n) is 2.98. The zero-order valence-electron chi connectivity index (χ0n) is 11.2. The summed E-state index contributed by atoms with van der Waals surface area (Å²) >= 11 is 13.4. The SMILES string of the molecule is CSc1cc(C(=O)NC(C)C(C)C(=O)O)c(Cl)cc1Cl. The van der Waals surface area contributed by atoms with Crippen molar-refractivity contribution in [2.75, 3.05) is 6.26 Å². The van der Waals surface area contributed by atoms with E-state index in [-0.39, 0.29) is 10.6 Å². The van der Waals surface area contributed by atoms with E-state index in [1.807, 2.05) is 6.26 Å². The average molecular weight is 336 g/mol. The minimum atomic E-state index is -0.968. The molecule has 0 aromatic heterocycles. The molecule has 20 heavy (non-hydrogen) atoms. The molecule has 0 radical (unpaired) electrons. The van der Waals surface area contributed by atoms with E-state index in [0.717, 1.165) is 4.90 Å². The lowest BCUT2D eigenvalue weighted by atomic mass is 10.0. The van der Waals surface area contributed by atoms with Crippen molar-refractivity contribution < 1.29 is 14.7 Å². The van der Waals surface area contributed by atoms with Crippen LogP contribution in [0.25, 0.3) is 0 Å². The van der Waals surface area contributed by atoms with Crippen LogP contribution in [0, 0.1) is 5.92 Å². The zero-order chi connectivity index (χ0) is 15.4. The smallest absolute Gasteiger partial charge is 0.308 e. The molecule has 0 saturated heterocycles. The number of rotatable bonds is 5. The van der Waals surface area contributed by atoms with Crippen LogP contribution < -0.4 is 5.32 Å². The largest absolute Gasteiger partial charge is 0.481 e. The first kappa shape index (κ1) is 17.1. The summed E-state index contributed by atoms with van der Waals surface area (Å²) in [6, 6.07) is 2.60. The van der Waals surface area contributed by atoms with Crippen molar-refractivity contribution in [1.29, 1.82) is 0 Å². The van der Waals surface area contributed by atoms with Crippen molar-refractivity contribution in [2.24, 2.45) is 5.92 Å². The molecule has 0 bridgehead atoms. The van der Waals surface area contributed by atoms with Crippen molar-refractivity contribution in [1.82, 2.24) is 5.32 Å². The Hall–Kier alpha value is -0.910. The number of amides is 1. The predicted molar refractivity (Wildman–Crippen MR) is 82.0 cm³/mol. The minimum absolute atomic E-state index is 0.237. The number of benzene rings is 1. The van der Waals surface area contributed by atoms with E-state index in [0.29, 0.717) is 5.02 Å². The fraction of sp³-hybridized carbons (Fsp3) is 0.385. The lowest BCUT2D eigenvalue weighted by Gasteiger charge is -2.18. The Morgan fingerprint density at radius 3 is 2.35 bits per heavy atom. The number of carbonyl (C=O) groups is 2. The van der Waals surface area contributed by atoms with E-state index in [1.54, 1.807) is 13.0 Å². The number of hydrogen-bond acceptors (Lipinski definition) is 3. The molecule has 2 atom stereocenters. The second-order valence-electron chi connectivity index (χ2n) is 4.36. The summed E-state index contributed by atoms with van der Waals surface area (Å²) in [6.07, 6.45) is 1.84. The van der Waals surface area contributed by atoms with Gasteiger partial charge in [0, 0.05) is 10.9 Å². The van der Waals surface area contributed by atoms with Gasteiger partial charge in [0.05, 0.1) is 21.5 Å². The van der Waals surface area contributed by atoms with Crippen molar-refractivity contribution in [2.45, 2.75) is 24.8 Å². The van der Waals surface area contributed by atoms with E-state index in [2.05, 4.69) is 5.32 Å². The van der Waals surface area contributed by atoms with Crippen LogP contribution in [0.4, 0.5) is 0 Å². The maximum atomic E-state index is 12.1. The van der Waals surface area contributed by atoms with E-state index < -0.39 is 23.8 Å². The second kappa shape index (κ2) is 7.20. The molecule has 0 aliphatic rings. The Morgan fingerprint density at radius 2 is 1.85 bits per heavy atom. The van der Waals surface area contributed by atoms with Crippen LogP contribution in [0.1, 0.15) is 24.2 Å². The van der Waals surface area contributed by atoms with Gasteiger partial charge in [-0.15, -0.1) is 11.8 Å². The van der Waals surface area contributed by atoms with E-state index in [1.165, 1.54) is 24.8 Å². The summed E-state index contributed by atoms with van der Waals surface area (Å²) in [7, 11) is 0. The van der Waals surface area contributed by atoms with Gasteiger partial charge in [-0.25, -0.2) is 0 Å². The average Bonchev–Trinajstić information content (AvgIpc) is 2.37. The van der Waals surface area contributed by atoms with Crippen LogP contribution in [-0.2, 0) is 4.79 Å². The summed E-state index contributed by atoms with van der Waals surface area (Å²) in [6.45, 7) is 3.17. The molecule has 110 valence electrons. The van der Waals surface area contributed by atoms with Crippen molar-refractivity contribution in [3.05, 3.63) is 27.7 Å². The van der Waals surface area contributed by atoms with Crippen LogP contribution in [0.5, 0.6) is 0 Å². The second-order valence-corrected chi connectivity index (χ2v) is 6.02. The maximum Gasteiger partial charge on any atom is 0.308 e. The molecule has 0 spiro atoms. The molecule has 2 N–H and O–H groups in total. The molecule has 0 heterocycles. The molecule has 0 saturated carbocycles. The highest BCUT2D eigenvalue weighted by atomic mass is 35.5. The minimum Gasteiger partial charge on any atom is -0.481 e. The fourth-order valence-corrected chi connectivity index (χ4v) is 2.67. The highest BCUT2D eigenvalue weighted by Crippen LogP contribution is 2.31. The first-order valence-corrected chi connectivity index (χ1v) is 7.82. The van der Waals surface area contributed by atoms with Crippen LogP contribution in [0.3, 0.4) is 0 Å². The molecule has 4 nitrogen and oxygen atoms in total. The van der Waals surface area contributed by atoms with Gasteiger partial charge in [-0.05, 0) is 32.2 Å². The van der Waals surface area contributed by atoms with Gasteiger partial charge in [0.25, 0.3) is 5.91 Å². The molecular weight excluding hydrogens is 321 g/mol. The summed E-state index contributed by atoms with van der Waals surface area (Å²) in [5.41, 5.74) is 0.282. The number of hydrogen-bond donors (Lipinski definition) is 2. The monoisotopic (exact) mass is 335 g/mol. The molecule has 2 unspecified atom stereocenters. The number of halogens is 2. The van der Waals surface area contributed by atoms with Gasteiger partial charge in [0.1, 0.15) is 0 Å². The Balaban J connectivity index is 2.95. The lowest BCUT2D eigenvalue weighted by Crippen LogP contribution is -2.40. The van der Waals surface area contributed by atoms with E-state index >= 15 is 0 Å². The Bertz CT molecular complexity index is 537. The van der Waals surface area contributed by atoms with Crippen LogP contribution >= 0.6 is 35.0 Å². The van der Waals surface area contributed by atoms with Gasteiger partial charge in [0.15, 0.2) is 0 Å². The molecule has 0 aliphatic heterocycles. The summed E-state index contributed by atoms with van der Waals surface area (Å²) in [5, 5.41) is 12.3. The number of carbonyl (C=O) groups excluding carboxylic acids is 1. The number of thioether (sulfide) groups is 1. The van der Waals surface area contributed by atoms with Gasteiger partial charge < -0.3 is 10.4 Å². The number of nitrogens with one attached hydrogen (secondary N) is 1. The summed E-state index contributed by atoms with van der Waals surface area (Å²) in [4.78, 5) is 23.8. The van der Waals surface area contributed by atoms with Crippen molar-refractivity contribution in [3.63, 3.8) is 0 Å². The Kier molecular flexibility index (Phi) is 6.17. The zero-order valence-corrected chi connectivity index (χ0v) is 13.6. The van der Waals surface area contributed by atoms with E-state index in [4.69, 9.17) is 28.3 Å². The first-order valence-electron chi connectivity index (χ1n) is 5.84. The third kappa shape index (κ3) is 4.04. The molecule has 0 aliphatic carbocycles. The van der Waals surface area contributed by atoms with Gasteiger partial charge in [-0.2, -0.15) is 0 Å². The summed E-state index contributed by atoms with van der Waals surface area (Å²) < 4.78 is 0. The predicted octanol–water partition coefficient (Wildman–Crippen LogP) is 3.55.